The number of hydrogen-bond acceptors (Lipinski definition) is 3. The molecule has 110 valence electrons. The Balaban J connectivity index is 1.54. The van der Waals surface area contributed by atoms with Crippen molar-refractivity contribution in [1.29, 1.82) is 0 Å². The van der Waals surface area contributed by atoms with Crippen LogP contribution in [0.1, 0.15) is 24.0 Å². The van der Waals surface area contributed by atoms with Crippen LogP contribution < -0.4 is 10.1 Å². The van der Waals surface area contributed by atoms with Crippen LogP contribution in [0.15, 0.2) is 53.4 Å². The predicted molar refractivity (Wildman–Crippen MR) is 88.9 cm³/mol. The van der Waals surface area contributed by atoms with Crippen molar-refractivity contribution in [1.82, 2.24) is 5.32 Å². The molecule has 0 spiro atoms. The van der Waals surface area contributed by atoms with Crippen molar-refractivity contribution in [3.8, 4) is 5.75 Å². The van der Waals surface area contributed by atoms with Gasteiger partial charge in [-0.25, -0.2) is 0 Å². The van der Waals surface area contributed by atoms with E-state index >= 15 is 0 Å². The van der Waals surface area contributed by atoms with Gasteiger partial charge in [-0.2, -0.15) is 0 Å². The molecule has 0 bridgehead atoms. The monoisotopic (exact) mass is 299 g/mol. The van der Waals surface area contributed by atoms with E-state index in [2.05, 4.69) is 41.7 Å². The largest absolute Gasteiger partial charge is 0.496 e. The second kappa shape index (κ2) is 7.01. The van der Waals surface area contributed by atoms with Crippen molar-refractivity contribution in [2.45, 2.75) is 36.1 Å². The minimum absolute atomic E-state index is 0.768. The van der Waals surface area contributed by atoms with Gasteiger partial charge in [-0.05, 0) is 36.6 Å². The van der Waals surface area contributed by atoms with E-state index in [1.165, 1.54) is 28.9 Å². The number of para-hydroxylation sites is 1. The third-order valence-electron chi connectivity index (χ3n) is 3.68. The summed E-state index contributed by atoms with van der Waals surface area (Å²) in [6, 6.07) is 17.8. The number of benzene rings is 2. The summed E-state index contributed by atoms with van der Waals surface area (Å²) >= 11 is 1.85. The molecule has 2 aromatic carbocycles. The molecule has 2 nitrogen and oxygen atoms in total. The standard InChI is InChI=1S/C18H21NOS/c1-20-18-5-3-2-4-15(18)13-21-17-10-6-14(7-11-17)12-19-16-8-9-16/h2-7,10-11,16,19H,8-9,12-13H2,1H3. The Hall–Kier alpha value is -1.45. The zero-order valence-corrected chi connectivity index (χ0v) is 13.2. The first kappa shape index (κ1) is 14.5. The van der Waals surface area contributed by atoms with Gasteiger partial charge >= 0.3 is 0 Å². The van der Waals surface area contributed by atoms with E-state index in [0.29, 0.717) is 0 Å². The molecule has 3 heteroatoms. The maximum absolute atomic E-state index is 5.39. The first-order valence-corrected chi connectivity index (χ1v) is 8.41. The smallest absolute Gasteiger partial charge is 0.122 e. The van der Waals surface area contributed by atoms with Crippen LogP contribution in [0, 0.1) is 0 Å². The normalized spacial score (nSPS) is 14.1. The maximum Gasteiger partial charge on any atom is 0.122 e. The van der Waals surface area contributed by atoms with Crippen LogP contribution >= 0.6 is 11.8 Å². The molecule has 0 radical (unpaired) electrons. The maximum atomic E-state index is 5.39. The predicted octanol–water partition coefficient (Wildman–Crippen LogP) is 4.24. The fourth-order valence-electron chi connectivity index (χ4n) is 2.24. The minimum atomic E-state index is 0.768. The molecule has 1 fully saturated rings. The topological polar surface area (TPSA) is 21.3 Å². The second-order valence-corrected chi connectivity index (χ2v) is 6.45. The fraction of sp³-hybridized carbons (Fsp3) is 0.333. The van der Waals surface area contributed by atoms with Crippen molar-refractivity contribution < 1.29 is 4.74 Å². The number of hydrogen-bond donors (Lipinski definition) is 1. The molecule has 0 aliphatic heterocycles. The Bertz CT molecular complexity index is 578. The highest BCUT2D eigenvalue weighted by atomic mass is 32.2. The fourth-order valence-corrected chi connectivity index (χ4v) is 3.13. The molecule has 1 N–H and O–H groups in total. The van der Waals surface area contributed by atoms with Gasteiger partial charge in [0.2, 0.25) is 0 Å². The third-order valence-corrected chi connectivity index (χ3v) is 4.74. The van der Waals surface area contributed by atoms with Gasteiger partial charge < -0.3 is 10.1 Å². The molecule has 0 saturated heterocycles. The average molecular weight is 299 g/mol. The van der Waals surface area contributed by atoms with Crippen LogP contribution in [-0.2, 0) is 12.3 Å². The quantitative estimate of drug-likeness (QED) is 0.773. The molecule has 0 heterocycles. The Labute approximate surface area is 130 Å². The number of rotatable bonds is 7. The van der Waals surface area contributed by atoms with Crippen LogP contribution in [0.3, 0.4) is 0 Å². The van der Waals surface area contributed by atoms with E-state index in [1.807, 2.05) is 23.9 Å². The van der Waals surface area contributed by atoms with E-state index < -0.39 is 0 Å². The average Bonchev–Trinajstić information content (AvgIpc) is 3.36. The highest BCUT2D eigenvalue weighted by Gasteiger charge is 2.19. The summed E-state index contributed by atoms with van der Waals surface area (Å²) in [5.74, 6) is 1.90. The van der Waals surface area contributed by atoms with Crippen molar-refractivity contribution in [3.05, 3.63) is 59.7 Å². The van der Waals surface area contributed by atoms with Crippen LogP contribution in [0.4, 0.5) is 0 Å². The van der Waals surface area contributed by atoms with Crippen molar-refractivity contribution in [2.75, 3.05) is 7.11 Å². The molecule has 0 unspecified atom stereocenters. The lowest BCUT2D eigenvalue weighted by molar-refractivity contribution is 0.411. The van der Waals surface area contributed by atoms with Crippen LogP contribution in [0.25, 0.3) is 0 Å². The van der Waals surface area contributed by atoms with Gasteiger partial charge in [0.15, 0.2) is 0 Å². The highest BCUT2D eigenvalue weighted by Crippen LogP contribution is 2.28. The molecule has 0 amide bonds. The molecular weight excluding hydrogens is 278 g/mol. The molecule has 21 heavy (non-hydrogen) atoms. The van der Waals surface area contributed by atoms with Crippen molar-refractivity contribution in [3.63, 3.8) is 0 Å². The summed E-state index contributed by atoms with van der Waals surface area (Å²) in [5, 5.41) is 3.54. The van der Waals surface area contributed by atoms with Gasteiger partial charge in [0.05, 0.1) is 7.11 Å². The third kappa shape index (κ3) is 4.26. The molecule has 1 aliphatic rings. The summed E-state index contributed by atoms with van der Waals surface area (Å²) in [6.07, 6.45) is 2.68. The Kier molecular flexibility index (Phi) is 4.84. The van der Waals surface area contributed by atoms with Crippen LogP contribution in [0.5, 0.6) is 5.75 Å². The molecule has 0 atom stereocenters. The second-order valence-electron chi connectivity index (χ2n) is 5.40. The first-order chi connectivity index (χ1) is 10.3. The Morgan fingerprint density at radius 3 is 2.57 bits per heavy atom. The lowest BCUT2D eigenvalue weighted by Crippen LogP contribution is -2.14. The molecule has 2 aromatic rings. The van der Waals surface area contributed by atoms with E-state index in [-0.39, 0.29) is 0 Å². The van der Waals surface area contributed by atoms with E-state index in [0.717, 1.165) is 24.1 Å². The zero-order valence-electron chi connectivity index (χ0n) is 12.3. The number of methoxy groups -OCH3 is 1. The van der Waals surface area contributed by atoms with Crippen molar-refractivity contribution in [2.24, 2.45) is 0 Å². The lowest BCUT2D eigenvalue weighted by atomic mass is 10.2. The van der Waals surface area contributed by atoms with Gasteiger partial charge in [0, 0.05) is 28.8 Å². The van der Waals surface area contributed by atoms with Gasteiger partial charge in [-0.1, -0.05) is 30.3 Å². The molecule has 1 saturated carbocycles. The van der Waals surface area contributed by atoms with Gasteiger partial charge in [-0.15, -0.1) is 11.8 Å². The zero-order chi connectivity index (χ0) is 14.5. The summed E-state index contributed by atoms with van der Waals surface area (Å²) in [6.45, 7) is 0.988. The number of thioether (sulfide) groups is 1. The molecule has 3 rings (SSSR count). The number of ether oxygens (including phenoxy) is 1. The number of nitrogens with one attached hydrogen (secondary N) is 1. The van der Waals surface area contributed by atoms with Gasteiger partial charge in [0.25, 0.3) is 0 Å². The van der Waals surface area contributed by atoms with E-state index in [4.69, 9.17) is 4.74 Å². The summed E-state index contributed by atoms with van der Waals surface area (Å²) < 4.78 is 5.39. The molecule has 1 aliphatic carbocycles. The summed E-state index contributed by atoms with van der Waals surface area (Å²) in [4.78, 5) is 1.30. The van der Waals surface area contributed by atoms with Crippen LogP contribution in [0.2, 0.25) is 0 Å². The minimum Gasteiger partial charge on any atom is -0.496 e. The molecular formula is C18H21NOS. The SMILES string of the molecule is COc1ccccc1CSc1ccc(CNC2CC2)cc1. The molecule has 0 aromatic heterocycles. The first-order valence-electron chi connectivity index (χ1n) is 7.42. The van der Waals surface area contributed by atoms with E-state index in [1.54, 1.807) is 7.11 Å². The Morgan fingerprint density at radius 1 is 1.10 bits per heavy atom. The van der Waals surface area contributed by atoms with Crippen LogP contribution in [-0.4, -0.2) is 13.2 Å². The highest BCUT2D eigenvalue weighted by molar-refractivity contribution is 7.98. The Morgan fingerprint density at radius 2 is 1.86 bits per heavy atom. The van der Waals surface area contributed by atoms with E-state index in [9.17, 15) is 0 Å². The van der Waals surface area contributed by atoms with Crippen molar-refractivity contribution >= 4 is 11.8 Å². The summed E-state index contributed by atoms with van der Waals surface area (Å²) in [7, 11) is 1.73. The summed E-state index contributed by atoms with van der Waals surface area (Å²) in [5.41, 5.74) is 2.60. The van der Waals surface area contributed by atoms with Gasteiger partial charge in [0.1, 0.15) is 5.75 Å². The lowest BCUT2D eigenvalue weighted by Gasteiger charge is -2.08. The van der Waals surface area contributed by atoms with Gasteiger partial charge in [-0.3, -0.25) is 0 Å².